The summed E-state index contributed by atoms with van der Waals surface area (Å²) in [5, 5.41) is 3.42. The van der Waals surface area contributed by atoms with Crippen LogP contribution in [-0.2, 0) is 11.3 Å². The number of likely N-dealkylation sites (N-methyl/N-ethyl adjacent to an activating group) is 1. The highest BCUT2D eigenvalue weighted by Crippen LogP contribution is 2.27. The number of rotatable bonds is 7. The fourth-order valence-corrected chi connectivity index (χ4v) is 2.07. The van der Waals surface area contributed by atoms with Crippen molar-refractivity contribution in [2.45, 2.75) is 12.7 Å². The number of halogens is 3. The fraction of sp³-hybridized carbons (Fsp3) is 0.467. The first kappa shape index (κ1) is 20.6. The molecule has 3 amide bonds. The van der Waals surface area contributed by atoms with Crippen molar-refractivity contribution in [2.24, 2.45) is 0 Å². The summed E-state index contributed by atoms with van der Waals surface area (Å²) >= 11 is 0. The Morgan fingerprint density at radius 1 is 1.16 bits per heavy atom. The lowest BCUT2D eigenvalue weighted by Crippen LogP contribution is -3.09. The molecule has 0 aliphatic carbocycles. The normalized spacial score (nSPS) is 12.2. The molecule has 0 radical (unpaired) electrons. The van der Waals surface area contributed by atoms with Crippen molar-refractivity contribution < 1.29 is 37.1 Å². The van der Waals surface area contributed by atoms with E-state index in [1.165, 1.54) is 14.2 Å². The summed E-state index contributed by atoms with van der Waals surface area (Å²) in [5.41, 5.74) is 0.865. The number of hydrogen-bond donors (Lipinski definition) is 3. The van der Waals surface area contributed by atoms with Gasteiger partial charge in [0.05, 0.1) is 21.3 Å². The number of carbonyl (C=O) groups is 2. The first-order chi connectivity index (χ1) is 11.6. The Balaban J connectivity index is 2.49. The van der Waals surface area contributed by atoms with E-state index in [0.29, 0.717) is 18.0 Å². The van der Waals surface area contributed by atoms with Gasteiger partial charge in [0.1, 0.15) is 13.1 Å². The van der Waals surface area contributed by atoms with Crippen LogP contribution in [0.15, 0.2) is 18.2 Å². The van der Waals surface area contributed by atoms with Gasteiger partial charge >= 0.3 is 12.2 Å². The fourth-order valence-electron chi connectivity index (χ4n) is 2.07. The molecule has 140 valence electrons. The first-order valence-electron chi connectivity index (χ1n) is 7.31. The number of alkyl halides is 3. The third-order valence-corrected chi connectivity index (χ3v) is 3.12. The van der Waals surface area contributed by atoms with Gasteiger partial charge in [0.2, 0.25) is 0 Å². The molecule has 1 unspecified atom stereocenters. The van der Waals surface area contributed by atoms with Gasteiger partial charge < -0.3 is 19.7 Å². The van der Waals surface area contributed by atoms with E-state index in [4.69, 9.17) is 9.47 Å². The van der Waals surface area contributed by atoms with Gasteiger partial charge in [-0.3, -0.25) is 10.1 Å². The summed E-state index contributed by atoms with van der Waals surface area (Å²) in [6.07, 6.45) is -4.53. The molecule has 25 heavy (non-hydrogen) atoms. The molecule has 0 heterocycles. The quantitative estimate of drug-likeness (QED) is 0.641. The van der Waals surface area contributed by atoms with E-state index >= 15 is 0 Å². The van der Waals surface area contributed by atoms with Gasteiger partial charge in [-0.05, 0) is 18.2 Å². The number of ether oxygens (including phenoxy) is 2. The lowest BCUT2D eigenvalue weighted by molar-refractivity contribution is -0.885. The van der Waals surface area contributed by atoms with E-state index < -0.39 is 24.7 Å². The molecule has 7 nitrogen and oxygen atoms in total. The van der Waals surface area contributed by atoms with Crippen molar-refractivity contribution in [3.63, 3.8) is 0 Å². The van der Waals surface area contributed by atoms with Crippen LogP contribution in [0.2, 0.25) is 0 Å². The first-order valence-corrected chi connectivity index (χ1v) is 7.31. The number of benzene rings is 1. The number of urea groups is 1. The third kappa shape index (κ3) is 7.75. The van der Waals surface area contributed by atoms with E-state index in [1.54, 1.807) is 30.6 Å². The zero-order chi connectivity index (χ0) is 19.0. The Morgan fingerprint density at radius 3 is 2.36 bits per heavy atom. The van der Waals surface area contributed by atoms with Crippen LogP contribution in [0.1, 0.15) is 5.56 Å². The number of quaternary nitrogens is 1. The summed E-state index contributed by atoms with van der Waals surface area (Å²) in [4.78, 5) is 23.6. The van der Waals surface area contributed by atoms with Crippen LogP contribution >= 0.6 is 0 Å². The predicted octanol–water partition coefficient (Wildman–Crippen LogP) is 0.107. The van der Waals surface area contributed by atoms with E-state index in [9.17, 15) is 22.8 Å². The summed E-state index contributed by atoms with van der Waals surface area (Å²) in [5.74, 6) is 0.435. The minimum absolute atomic E-state index is 0.0895. The minimum atomic E-state index is -4.53. The smallest absolute Gasteiger partial charge is 0.405 e. The molecule has 0 saturated carbocycles. The van der Waals surface area contributed by atoms with Crippen LogP contribution in [0.3, 0.4) is 0 Å². The molecule has 10 heteroatoms. The van der Waals surface area contributed by atoms with Crippen molar-refractivity contribution >= 4 is 11.9 Å². The average Bonchev–Trinajstić information content (AvgIpc) is 2.51. The van der Waals surface area contributed by atoms with Crippen LogP contribution in [0.5, 0.6) is 11.5 Å². The van der Waals surface area contributed by atoms with Crippen LogP contribution in [0, 0.1) is 0 Å². The lowest BCUT2D eigenvalue weighted by atomic mass is 10.2. The van der Waals surface area contributed by atoms with Crippen molar-refractivity contribution in [2.75, 3.05) is 34.4 Å². The molecule has 1 aromatic carbocycles. The number of nitrogens with one attached hydrogen (secondary N) is 3. The molecule has 0 spiro atoms. The Hall–Kier alpha value is -2.49. The topological polar surface area (TPSA) is 81.1 Å². The maximum absolute atomic E-state index is 12.0. The lowest BCUT2D eigenvalue weighted by Gasteiger charge is -2.15. The molecule has 0 fully saturated rings. The maximum Gasteiger partial charge on any atom is 0.405 e. The molecule has 1 rings (SSSR count). The van der Waals surface area contributed by atoms with Gasteiger partial charge in [0.15, 0.2) is 18.0 Å². The average molecular weight is 364 g/mol. The minimum Gasteiger partial charge on any atom is -0.493 e. The number of carbonyl (C=O) groups excluding carboxylic acids is 2. The monoisotopic (exact) mass is 364 g/mol. The molecule has 1 aromatic rings. The Morgan fingerprint density at radius 2 is 1.80 bits per heavy atom. The van der Waals surface area contributed by atoms with Crippen LogP contribution < -0.4 is 25.0 Å². The second-order valence-corrected chi connectivity index (χ2v) is 5.35. The van der Waals surface area contributed by atoms with E-state index in [2.05, 4.69) is 0 Å². The van der Waals surface area contributed by atoms with Gasteiger partial charge in [0.25, 0.3) is 5.91 Å². The Bertz CT molecular complexity index is 608. The molecule has 0 aliphatic rings. The van der Waals surface area contributed by atoms with E-state index in [0.717, 1.165) is 10.5 Å². The number of hydrogen-bond acceptors (Lipinski definition) is 4. The highest BCUT2D eigenvalue weighted by Gasteiger charge is 2.28. The van der Waals surface area contributed by atoms with Gasteiger partial charge in [-0.1, -0.05) is 0 Å². The van der Waals surface area contributed by atoms with E-state index in [-0.39, 0.29) is 6.54 Å². The molecule has 1 atom stereocenters. The van der Waals surface area contributed by atoms with Crippen molar-refractivity contribution in [3.05, 3.63) is 23.8 Å². The Kier molecular flexibility index (Phi) is 7.49. The molecule has 0 aromatic heterocycles. The third-order valence-electron chi connectivity index (χ3n) is 3.12. The Labute approximate surface area is 143 Å². The van der Waals surface area contributed by atoms with Crippen molar-refractivity contribution in [3.8, 4) is 11.5 Å². The van der Waals surface area contributed by atoms with Crippen LogP contribution in [0.25, 0.3) is 0 Å². The van der Waals surface area contributed by atoms with Gasteiger partial charge in [-0.25, -0.2) is 4.79 Å². The second kappa shape index (κ2) is 9.11. The summed E-state index contributed by atoms with van der Waals surface area (Å²) in [6.45, 7) is -1.15. The summed E-state index contributed by atoms with van der Waals surface area (Å²) in [6, 6.07) is 4.11. The van der Waals surface area contributed by atoms with Gasteiger partial charge in [-0.2, -0.15) is 13.2 Å². The van der Waals surface area contributed by atoms with E-state index in [1.807, 2.05) is 5.32 Å². The number of amides is 3. The highest BCUT2D eigenvalue weighted by atomic mass is 19.4. The molecule has 0 bridgehead atoms. The van der Waals surface area contributed by atoms with Crippen molar-refractivity contribution in [1.29, 1.82) is 0 Å². The van der Waals surface area contributed by atoms with Gasteiger partial charge in [-0.15, -0.1) is 0 Å². The molecule has 3 N–H and O–H groups in total. The molecular formula is C15H21F3N3O4+. The van der Waals surface area contributed by atoms with Gasteiger partial charge in [0, 0.05) is 5.56 Å². The van der Waals surface area contributed by atoms with Crippen LogP contribution in [-0.4, -0.2) is 52.5 Å². The second-order valence-electron chi connectivity index (χ2n) is 5.35. The van der Waals surface area contributed by atoms with Crippen LogP contribution in [0.4, 0.5) is 18.0 Å². The number of methoxy groups -OCH3 is 2. The molecular weight excluding hydrogens is 343 g/mol. The molecule has 0 aliphatic heterocycles. The zero-order valence-electron chi connectivity index (χ0n) is 14.1. The highest BCUT2D eigenvalue weighted by molar-refractivity contribution is 5.94. The SMILES string of the molecule is COc1ccc(C[NH+](C)CC(=O)NC(=O)NCC(F)(F)F)cc1OC. The summed E-state index contributed by atoms with van der Waals surface area (Å²) in [7, 11) is 4.73. The standard InChI is InChI=1S/C15H20F3N3O4/c1-21(7-10-4-5-11(24-2)12(6-10)25-3)8-13(22)20-14(23)19-9-15(16,17)18/h4-6H,7-9H2,1-3H3,(H2,19,20,22,23)/p+1. The largest absolute Gasteiger partial charge is 0.493 e. The number of imide groups is 1. The molecule has 0 saturated heterocycles. The van der Waals surface area contributed by atoms with Crippen molar-refractivity contribution in [1.82, 2.24) is 10.6 Å². The predicted molar refractivity (Wildman–Crippen MR) is 82.6 cm³/mol. The summed E-state index contributed by atoms with van der Waals surface area (Å²) < 4.78 is 46.2. The maximum atomic E-state index is 12.0. The zero-order valence-corrected chi connectivity index (χ0v) is 14.1.